The smallest absolute Gasteiger partial charge is 0.317 e. The number of dihydropyridines is 1. The van der Waals surface area contributed by atoms with Crippen LogP contribution in [0, 0.1) is 5.92 Å². The van der Waals surface area contributed by atoms with E-state index in [1.54, 1.807) is 0 Å². The van der Waals surface area contributed by atoms with Gasteiger partial charge in [-0.1, -0.05) is 18.9 Å². The highest BCUT2D eigenvalue weighted by molar-refractivity contribution is 6.11. The molecule has 2 N–H and O–H groups in total. The van der Waals surface area contributed by atoms with Gasteiger partial charge >= 0.3 is 6.03 Å². The van der Waals surface area contributed by atoms with Crippen LogP contribution < -0.4 is 5.32 Å². The number of urea groups is 1. The molecule has 156 valence electrons. The lowest BCUT2D eigenvalue weighted by Crippen LogP contribution is -2.53. The largest absolute Gasteiger partial charge is 0.494 e. The molecule has 7 nitrogen and oxygen atoms in total. The number of carbonyl (C=O) groups is 2. The number of hydrogen-bond donors (Lipinski definition) is 2. The van der Waals surface area contributed by atoms with Gasteiger partial charge in [0.2, 0.25) is 0 Å². The molecule has 0 radical (unpaired) electrons. The van der Waals surface area contributed by atoms with Gasteiger partial charge in [-0.3, -0.25) is 4.79 Å². The molecule has 2 saturated carbocycles. The predicted octanol–water partition coefficient (Wildman–Crippen LogP) is 2.48. The van der Waals surface area contributed by atoms with Gasteiger partial charge in [-0.15, -0.1) is 0 Å². The third kappa shape index (κ3) is 4.96. The van der Waals surface area contributed by atoms with E-state index in [0.29, 0.717) is 19.6 Å². The Morgan fingerprint density at radius 3 is 2.83 bits per heavy atom. The molecular formula is C22H29N3O4. The van der Waals surface area contributed by atoms with Gasteiger partial charge in [0.1, 0.15) is 5.76 Å². The second kappa shape index (κ2) is 8.95. The molecule has 3 amide bonds. The second-order valence-electron chi connectivity index (χ2n) is 8.15. The van der Waals surface area contributed by atoms with Crippen molar-refractivity contribution >= 4 is 17.6 Å². The monoisotopic (exact) mass is 399 g/mol. The Bertz CT molecular complexity index is 766. The Hall–Kier alpha value is -2.41. The molecule has 0 aromatic heterocycles. The van der Waals surface area contributed by atoms with Crippen LogP contribution in [0.15, 0.2) is 41.1 Å². The minimum atomic E-state index is -0.402. The summed E-state index contributed by atoms with van der Waals surface area (Å²) >= 11 is 0. The molecule has 4 rings (SSSR count). The van der Waals surface area contributed by atoms with Gasteiger partial charge in [-0.2, -0.15) is 0 Å². The second-order valence-corrected chi connectivity index (χ2v) is 8.15. The third-order valence-corrected chi connectivity index (χ3v) is 5.88. The molecule has 0 spiro atoms. The summed E-state index contributed by atoms with van der Waals surface area (Å²) in [5.41, 5.74) is 0.738. The van der Waals surface area contributed by atoms with Crippen molar-refractivity contribution in [3.8, 4) is 0 Å². The zero-order chi connectivity index (χ0) is 20.2. The van der Waals surface area contributed by atoms with Crippen molar-refractivity contribution in [2.45, 2.75) is 63.1 Å². The number of ether oxygens (including phenoxy) is 1. The van der Waals surface area contributed by atoms with Crippen molar-refractivity contribution in [1.82, 2.24) is 10.2 Å². The SMILES string of the molecule is O=C1C=CC2C=C(OCCCNC(=O)N(C3CC3)[C@@H]3CCCC[C@H]3O)C=CC2=N1. The summed E-state index contributed by atoms with van der Waals surface area (Å²) in [5.74, 6) is 0.515. The molecule has 0 bridgehead atoms. The summed E-state index contributed by atoms with van der Waals surface area (Å²) < 4.78 is 5.79. The minimum absolute atomic E-state index is 0.0126. The zero-order valence-corrected chi connectivity index (χ0v) is 16.6. The van der Waals surface area contributed by atoms with E-state index < -0.39 is 6.10 Å². The average molecular weight is 399 g/mol. The maximum Gasteiger partial charge on any atom is 0.317 e. The molecule has 3 aliphatic carbocycles. The molecule has 1 unspecified atom stereocenters. The highest BCUT2D eigenvalue weighted by Crippen LogP contribution is 2.33. The van der Waals surface area contributed by atoms with Crippen molar-refractivity contribution < 1.29 is 19.4 Å². The number of nitrogens with zero attached hydrogens (tertiary/aromatic N) is 2. The Morgan fingerprint density at radius 2 is 2.03 bits per heavy atom. The summed E-state index contributed by atoms with van der Waals surface area (Å²) in [6.07, 6.45) is 15.0. The lowest BCUT2D eigenvalue weighted by atomic mass is 9.91. The van der Waals surface area contributed by atoms with Gasteiger partial charge < -0.3 is 20.1 Å². The number of aliphatic imine (C=N–C) groups is 1. The number of amides is 3. The van der Waals surface area contributed by atoms with E-state index in [-0.39, 0.29) is 29.9 Å². The van der Waals surface area contributed by atoms with Gasteiger partial charge in [0.15, 0.2) is 0 Å². The van der Waals surface area contributed by atoms with E-state index in [1.807, 2.05) is 29.2 Å². The van der Waals surface area contributed by atoms with Crippen molar-refractivity contribution in [3.63, 3.8) is 0 Å². The van der Waals surface area contributed by atoms with Crippen LogP contribution in [-0.2, 0) is 9.53 Å². The lowest BCUT2D eigenvalue weighted by Gasteiger charge is -2.37. The summed E-state index contributed by atoms with van der Waals surface area (Å²) in [5, 5.41) is 13.3. The van der Waals surface area contributed by atoms with E-state index in [0.717, 1.165) is 50.0 Å². The molecule has 4 aliphatic rings. The van der Waals surface area contributed by atoms with Gasteiger partial charge in [0.25, 0.3) is 5.91 Å². The highest BCUT2D eigenvalue weighted by Gasteiger charge is 2.40. The normalized spacial score (nSPS) is 28.3. The molecule has 7 heteroatoms. The average Bonchev–Trinajstić information content (AvgIpc) is 3.54. The molecule has 0 aromatic carbocycles. The van der Waals surface area contributed by atoms with E-state index in [1.165, 1.54) is 6.08 Å². The molecule has 0 saturated heterocycles. The maximum atomic E-state index is 12.7. The van der Waals surface area contributed by atoms with Crippen molar-refractivity contribution in [2.24, 2.45) is 10.9 Å². The van der Waals surface area contributed by atoms with Gasteiger partial charge in [0, 0.05) is 24.6 Å². The lowest BCUT2D eigenvalue weighted by molar-refractivity contribution is -0.113. The topological polar surface area (TPSA) is 91.2 Å². The highest BCUT2D eigenvalue weighted by atomic mass is 16.5. The van der Waals surface area contributed by atoms with Crippen LogP contribution in [0.5, 0.6) is 0 Å². The minimum Gasteiger partial charge on any atom is -0.494 e. The number of aliphatic hydroxyl groups is 1. The van der Waals surface area contributed by atoms with Crippen LogP contribution in [0.2, 0.25) is 0 Å². The van der Waals surface area contributed by atoms with E-state index >= 15 is 0 Å². The summed E-state index contributed by atoms with van der Waals surface area (Å²) in [4.78, 5) is 29.9. The Kier molecular flexibility index (Phi) is 6.13. The standard InChI is InChI=1S/C22H29N3O4/c26-20-5-2-1-4-19(20)25(16-7-8-16)22(28)23-12-3-13-29-17-9-10-18-15(14-17)6-11-21(27)24-18/h6,9-11,14-16,19-20,26H,1-5,7-8,12-13H2,(H,23,28)/t15?,19-,20-/m1/s1. The van der Waals surface area contributed by atoms with E-state index in [4.69, 9.17) is 4.74 Å². The first-order valence-corrected chi connectivity index (χ1v) is 10.7. The first-order valence-electron chi connectivity index (χ1n) is 10.7. The molecule has 1 heterocycles. The van der Waals surface area contributed by atoms with Crippen LogP contribution in [0.1, 0.15) is 44.9 Å². The van der Waals surface area contributed by atoms with Crippen LogP contribution in [0.3, 0.4) is 0 Å². The molecule has 1 aliphatic heterocycles. The molecule has 3 atom stereocenters. The number of fused-ring (bicyclic) bond motifs is 1. The van der Waals surface area contributed by atoms with Crippen molar-refractivity contribution in [1.29, 1.82) is 0 Å². The number of carbonyl (C=O) groups excluding carboxylic acids is 2. The zero-order valence-electron chi connectivity index (χ0n) is 16.6. The number of rotatable bonds is 7. The number of hydrogen-bond acceptors (Lipinski definition) is 4. The van der Waals surface area contributed by atoms with E-state index in [2.05, 4.69) is 10.3 Å². The molecule has 0 aromatic rings. The number of allylic oxidation sites excluding steroid dienone is 4. The molecule has 29 heavy (non-hydrogen) atoms. The molecule has 2 fully saturated rings. The van der Waals surface area contributed by atoms with Gasteiger partial charge in [0.05, 0.1) is 24.5 Å². The summed E-state index contributed by atoms with van der Waals surface area (Å²) in [7, 11) is 0. The van der Waals surface area contributed by atoms with E-state index in [9.17, 15) is 14.7 Å². The Labute approximate surface area is 171 Å². The van der Waals surface area contributed by atoms with Crippen molar-refractivity contribution in [2.75, 3.05) is 13.2 Å². The third-order valence-electron chi connectivity index (χ3n) is 5.88. The quantitative estimate of drug-likeness (QED) is 0.644. The Balaban J connectivity index is 1.20. The fraction of sp³-hybridized carbons (Fsp3) is 0.591. The van der Waals surface area contributed by atoms with Gasteiger partial charge in [-0.25, -0.2) is 9.79 Å². The van der Waals surface area contributed by atoms with Crippen LogP contribution in [0.25, 0.3) is 0 Å². The van der Waals surface area contributed by atoms with Crippen LogP contribution >= 0.6 is 0 Å². The number of aliphatic hydroxyl groups excluding tert-OH is 1. The fourth-order valence-corrected chi connectivity index (χ4v) is 4.21. The van der Waals surface area contributed by atoms with Crippen LogP contribution in [0.4, 0.5) is 4.79 Å². The first-order chi connectivity index (χ1) is 14.1. The molecular weight excluding hydrogens is 370 g/mol. The summed E-state index contributed by atoms with van der Waals surface area (Å²) in [6.45, 7) is 1.03. The van der Waals surface area contributed by atoms with Crippen molar-refractivity contribution in [3.05, 3.63) is 36.1 Å². The first kappa shape index (κ1) is 19.9. The van der Waals surface area contributed by atoms with Crippen LogP contribution in [-0.4, -0.2) is 59.0 Å². The fourth-order valence-electron chi connectivity index (χ4n) is 4.21. The predicted molar refractivity (Wildman–Crippen MR) is 109 cm³/mol. The Morgan fingerprint density at radius 1 is 1.21 bits per heavy atom. The summed E-state index contributed by atoms with van der Waals surface area (Å²) in [6, 6.07) is 0.178. The van der Waals surface area contributed by atoms with Gasteiger partial charge in [-0.05, 0) is 50.3 Å². The maximum absolute atomic E-state index is 12.7. The number of nitrogens with one attached hydrogen (secondary N) is 1.